The average molecular weight is 808 g/mol. The molecule has 12 aromatic rings. The molecule has 0 fully saturated rings. The second kappa shape index (κ2) is 13.7. The largest absolute Gasteiger partial charge is 0.455 e. The zero-order chi connectivity index (χ0) is 40.8. The molecule has 0 N–H and O–H groups in total. The normalized spacial score (nSPS) is 13.0. The van der Waals surface area contributed by atoms with Crippen LogP contribution in [0.4, 0.5) is 17.1 Å². The van der Waals surface area contributed by atoms with Crippen LogP contribution in [0.1, 0.15) is 22.3 Å². The molecule has 0 saturated heterocycles. The van der Waals surface area contributed by atoms with Crippen molar-refractivity contribution in [3.8, 4) is 22.3 Å². The molecule has 0 unspecified atom stereocenters. The molecule has 0 atom stereocenters. The molecule has 0 bridgehead atoms. The Bertz CT molecular complexity index is 3650. The van der Waals surface area contributed by atoms with E-state index in [2.05, 4.69) is 229 Å². The van der Waals surface area contributed by atoms with E-state index in [0.717, 1.165) is 43.7 Å². The van der Waals surface area contributed by atoms with Gasteiger partial charge in [0.2, 0.25) is 0 Å². The first-order valence-corrected chi connectivity index (χ1v) is 22.1. The molecule has 1 aliphatic carbocycles. The minimum atomic E-state index is -0.538. The molecule has 13 rings (SSSR count). The van der Waals surface area contributed by atoms with E-state index in [-0.39, 0.29) is 0 Å². The van der Waals surface area contributed by atoms with Gasteiger partial charge >= 0.3 is 0 Å². The standard InChI is InChI=1S/C59H37NOS/c1-3-19-40(20-4-1)59(41-21-5-2-6-22-41)49-28-12-9-25-46(49)55-50(59)29-16-30-51(55)60(42-35-33-39(34-36-42)44-27-15-18-38-17-7-8-23-43(38)44)52-37-48-45-24-10-13-31-53(45)61-57(48)58-56(52)47-26-11-14-32-54(47)62-58/h1-37H. The number of anilines is 3. The molecule has 1 aliphatic rings. The van der Waals surface area contributed by atoms with Gasteiger partial charge in [0.15, 0.2) is 5.58 Å². The molecule has 10 aromatic carbocycles. The topological polar surface area (TPSA) is 16.4 Å². The summed E-state index contributed by atoms with van der Waals surface area (Å²) in [7, 11) is 0. The van der Waals surface area contributed by atoms with Crippen LogP contribution in [0, 0.1) is 0 Å². The van der Waals surface area contributed by atoms with Crippen molar-refractivity contribution < 1.29 is 4.42 Å². The van der Waals surface area contributed by atoms with E-state index in [1.54, 1.807) is 0 Å². The van der Waals surface area contributed by atoms with Crippen molar-refractivity contribution >= 4 is 81.3 Å². The monoisotopic (exact) mass is 807 g/mol. The molecule has 2 aromatic heterocycles. The molecule has 2 nitrogen and oxygen atoms in total. The lowest BCUT2D eigenvalue weighted by molar-refractivity contribution is 0.673. The summed E-state index contributed by atoms with van der Waals surface area (Å²) in [5.41, 5.74) is 14.6. The number of benzene rings is 10. The van der Waals surface area contributed by atoms with Crippen LogP contribution in [0.15, 0.2) is 229 Å². The maximum Gasteiger partial charge on any atom is 0.153 e. The maximum absolute atomic E-state index is 6.78. The number of furan rings is 1. The number of para-hydroxylation sites is 1. The molecule has 0 saturated carbocycles. The van der Waals surface area contributed by atoms with Gasteiger partial charge in [0.1, 0.15) is 5.58 Å². The van der Waals surface area contributed by atoms with Crippen molar-refractivity contribution in [1.29, 1.82) is 0 Å². The summed E-state index contributed by atoms with van der Waals surface area (Å²) in [4.78, 5) is 2.54. The van der Waals surface area contributed by atoms with E-state index >= 15 is 0 Å². The third kappa shape index (κ3) is 4.97. The minimum Gasteiger partial charge on any atom is -0.455 e. The van der Waals surface area contributed by atoms with Gasteiger partial charge in [-0.25, -0.2) is 0 Å². The van der Waals surface area contributed by atoms with Gasteiger partial charge in [-0.15, -0.1) is 11.3 Å². The average Bonchev–Trinajstić information content (AvgIpc) is 4.02. The second-order valence-corrected chi connectivity index (χ2v) is 17.4. The van der Waals surface area contributed by atoms with Crippen molar-refractivity contribution in [2.75, 3.05) is 4.90 Å². The highest BCUT2D eigenvalue weighted by molar-refractivity contribution is 7.26. The highest BCUT2D eigenvalue weighted by Crippen LogP contribution is 2.60. The summed E-state index contributed by atoms with van der Waals surface area (Å²) >= 11 is 1.82. The van der Waals surface area contributed by atoms with Gasteiger partial charge in [-0.1, -0.05) is 188 Å². The Morgan fingerprint density at radius 1 is 0.435 bits per heavy atom. The van der Waals surface area contributed by atoms with Gasteiger partial charge in [0.05, 0.1) is 21.5 Å². The van der Waals surface area contributed by atoms with Crippen LogP contribution in [0.2, 0.25) is 0 Å². The lowest BCUT2D eigenvalue weighted by Gasteiger charge is -2.34. The Hall–Kier alpha value is -7.72. The molecule has 3 heteroatoms. The summed E-state index contributed by atoms with van der Waals surface area (Å²) in [5, 5.41) is 7.13. The summed E-state index contributed by atoms with van der Waals surface area (Å²) in [6, 6.07) is 82.4. The highest BCUT2D eigenvalue weighted by atomic mass is 32.1. The fourth-order valence-electron chi connectivity index (χ4n) is 10.6. The predicted octanol–water partition coefficient (Wildman–Crippen LogP) is 16.6. The van der Waals surface area contributed by atoms with Crippen molar-refractivity contribution in [3.05, 3.63) is 247 Å². The molecule has 62 heavy (non-hydrogen) atoms. The molecule has 2 heterocycles. The minimum absolute atomic E-state index is 0.538. The second-order valence-electron chi connectivity index (χ2n) is 16.3. The Morgan fingerprint density at radius 3 is 1.85 bits per heavy atom. The van der Waals surface area contributed by atoms with Gasteiger partial charge < -0.3 is 9.32 Å². The van der Waals surface area contributed by atoms with Crippen LogP contribution in [0.5, 0.6) is 0 Å². The van der Waals surface area contributed by atoms with Gasteiger partial charge in [-0.3, -0.25) is 0 Å². The van der Waals surface area contributed by atoms with E-state index in [1.807, 2.05) is 11.3 Å². The number of fused-ring (bicyclic) bond motifs is 11. The first-order chi connectivity index (χ1) is 30.8. The van der Waals surface area contributed by atoms with Gasteiger partial charge in [0, 0.05) is 37.5 Å². The van der Waals surface area contributed by atoms with Crippen LogP contribution in [-0.2, 0) is 5.41 Å². The number of hydrogen-bond acceptors (Lipinski definition) is 3. The molecule has 0 spiro atoms. The first kappa shape index (κ1) is 35.1. The molecule has 290 valence electrons. The Balaban J connectivity index is 1.15. The zero-order valence-corrected chi connectivity index (χ0v) is 34.4. The highest BCUT2D eigenvalue weighted by Gasteiger charge is 2.47. The van der Waals surface area contributed by atoms with Crippen molar-refractivity contribution in [1.82, 2.24) is 0 Å². The fraction of sp³-hybridized carbons (Fsp3) is 0.0169. The number of hydrogen-bond donors (Lipinski definition) is 0. The molecule has 0 amide bonds. The van der Waals surface area contributed by atoms with Crippen LogP contribution >= 0.6 is 11.3 Å². The summed E-state index contributed by atoms with van der Waals surface area (Å²) in [6.45, 7) is 0. The quantitative estimate of drug-likeness (QED) is 0.166. The lowest BCUT2D eigenvalue weighted by Crippen LogP contribution is -2.28. The van der Waals surface area contributed by atoms with Crippen LogP contribution < -0.4 is 4.90 Å². The number of thiophene rings is 1. The van der Waals surface area contributed by atoms with Gasteiger partial charge in [-0.2, -0.15) is 0 Å². The third-order valence-electron chi connectivity index (χ3n) is 13.1. The van der Waals surface area contributed by atoms with E-state index in [9.17, 15) is 0 Å². The van der Waals surface area contributed by atoms with Crippen molar-refractivity contribution in [2.45, 2.75) is 5.41 Å². The van der Waals surface area contributed by atoms with E-state index < -0.39 is 5.41 Å². The third-order valence-corrected chi connectivity index (χ3v) is 14.3. The van der Waals surface area contributed by atoms with E-state index in [1.165, 1.54) is 70.8 Å². The summed E-state index contributed by atoms with van der Waals surface area (Å²) in [5.74, 6) is 0. The van der Waals surface area contributed by atoms with Crippen LogP contribution in [0.25, 0.3) is 75.1 Å². The molecule has 0 radical (unpaired) electrons. The van der Waals surface area contributed by atoms with Gasteiger partial charge in [-0.05, 0) is 86.1 Å². The predicted molar refractivity (Wildman–Crippen MR) is 262 cm³/mol. The van der Waals surface area contributed by atoms with Crippen molar-refractivity contribution in [2.24, 2.45) is 0 Å². The SMILES string of the molecule is c1ccc(C2(c3ccccc3)c3ccccc3-c3c(N(c4ccc(-c5cccc6ccccc56)cc4)c4cc5c6ccccc6oc5c5sc6ccccc6c45)cccc32)cc1. The number of rotatable bonds is 6. The van der Waals surface area contributed by atoms with Crippen LogP contribution in [0.3, 0.4) is 0 Å². The van der Waals surface area contributed by atoms with Gasteiger partial charge in [0.25, 0.3) is 0 Å². The first-order valence-electron chi connectivity index (χ1n) is 21.3. The summed E-state index contributed by atoms with van der Waals surface area (Å²) < 4.78 is 9.17. The molecular weight excluding hydrogens is 771 g/mol. The Kier molecular flexibility index (Phi) is 7.72. The summed E-state index contributed by atoms with van der Waals surface area (Å²) in [6.07, 6.45) is 0. The maximum atomic E-state index is 6.78. The molecule has 0 aliphatic heterocycles. The van der Waals surface area contributed by atoms with E-state index in [4.69, 9.17) is 4.42 Å². The number of nitrogens with zero attached hydrogens (tertiary/aromatic N) is 1. The zero-order valence-electron chi connectivity index (χ0n) is 33.6. The van der Waals surface area contributed by atoms with Crippen LogP contribution in [-0.4, -0.2) is 0 Å². The Morgan fingerprint density at radius 2 is 1.05 bits per heavy atom. The fourth-order valence-corrected chi connectivity index (χ4v) is 11.8. The molecular formula is C59H37NOS. The van der Waals surface area contributed by atoms with E-state index in [0.29, 0.717) is 0 Å². The smallest absolute Gasteiger partial charge is 0.153 e. The Labute approximate surface area is 363 Å². The lowest BCUT2D eigenvalue weighted by atomic mass is 9.68. The van der Waals surface area contributed by atoms with Crippen molar-refractivity contribution in [3.63, 3.8) is 0 Å².